The molecule has 6 nitrogen and oxygen atoms in total. The van der Waals surface area contributed by atoms with Crippen LogP contribution in [-0.2, 0) is 4.79 Å². The van der Waals surface area contributed by atoms with Gasteiger partial charge in [0, 0.05) is 17.3 Å². The van der Waals surface area contributed by atoms with Crippen molar-refractivity contribution in [3.63, 3.8) is 0 Å². The fourth-order valence-corrected chi connectivity index (χ4v) is 7.41. The zero-order chi connectivity index (χ0) is 20.0. The molecule has 5 N–H and O–H groups in total. The number of ketones is 1. The van der Waals surface area contributed by atoms with Crippen LogP contribution in [0.1, 0.15) is 59.3 Å². The summed E-state index contributed by atoms with van der Waals surface area (Å²) >= 11 is 0. The van der Waals surface area contributed by atoms with Crippen LogP contribution in [0.5, 0.6) is 0 Å². The number of aliphatic hydroxyl groups excluding tert-OH is 3. The summed E-state index contributed by atoms with van der Waals surface area (Å²) in [5.41, 5.74) is -4.24. The van der Waals surface area contributed by atoms with Crippen LogP contribution >= 0.6 is 0 Å². The number of Topliss-reactive ketones (excluding diaryl/α,β-unsaturated/α-hetero) is 1. The lowest BCUT2D eigenvalue weighted by Gasteiger charge is -2.67. The average molecular weight is 380 g/mol. The summed E-state index contributed by atoms with van der Waals surface area (Å²) in [5.74, 6) is -1.50. The molecular weight excluding hydrogens is 348 g/mol. The van der Waals surface area contributed by atoms with E-state index in [9.17, 15) is 30.3 Å². The number of carbonyl (C=O) groups excluding carboxylic acids is 1. The van der Waals surface area contributed by atoms with Crippen LogP contribution in [0, 0.1) is 22.7 Å². The first-order valence-corrected chi connectivity index (χ1v) is 10.1. The SMILES string of the molecule is CC(=O)[C@H]1CC[C@@]2(O)[C@]3(O)CC=C4CC(O)CC[C@]4(C)[C@H]3C(O)C(O)[C@]12C. The Labute approximate surface area is 159 Å². The summed E-state index contributed by atoms with van der Waals surface area (Å²) in [5, 5.41) is 56.2. The lowest BCUT2D eigenvalue weighted by atomic mass is 9.42. The van der Waals surface area contributed by atoms with Gasteiger partial charge in [0.2, 0.25) is 0 Å². The zero-order valence-corrected chi connectivity index (χ0v) is 16.4. The normalized spacial score (nSPS) is 57.3. The fourth-order valence-electron chi connectivity index (χ4n) is 7.41. The third kappa shape index (κ3) is 2.06. The molecule has 0 bridgehead atoms. The Hall–Kier alpha value is -0.790. The van der Waals surface area contributed by atoms with Gasteiger partial charge in [-0.1, -0.05) is 25.5 Å². The monoisotopic (exact) mass is 380 g/mol. The van der Waals surface area contributed by atoms with E-state index in [0.29, 0.717) is 25.7 Å². The molecule has 3 fully saturated rings. The molecule has 4 rings (SSSR count). The first-order chi connectivity index (χ1) is 12.4. The van der Waals surface area contributed by atoms with E-state index >= 15 is 0 Å². The molecule has 3 saturated carbocycles. The Morgan fingerprint density at radius 2 is 1.78 bits per heavy atom. The summed E-state index contributed by atoms with van der Waals surface area (Å²) in [7, 11) is 0. The smallest absolute Gasteiger partial charge is 0.133 e. The highest BCUT2D eigenvalue weighted by Crippen LogP contribution is 2.69. The Balaban J connectivity index is 1.89. The molecule has 0 amide bonds. The molecule has 0 heterocycles. The standard InChI is InChI=1S/C21H32O6/c1-11(22)14-6-9-21(27)19(14,3)17(25)15(24)16-18(2)7-5-13(23)10-12(18)4-8-20(16,21)26/h4,13-17,23-27H,5-10H2,1-3H3/t13?,14-,15?,16-,17?,18+,19+,20+,21+/m1/s1. The van der Waals surface area contributed by atoms with Crippen molar-refractivity contribution < 1.29 is 30.3 Å². The van der Waals surface area contributed by atoms with Crippen LogP contribution in [0.15, 0.2) is 11.6 Å². The number of fused-ring (bicyclic) bond motifs is 5. The van der Waals surface area contributed by atoms with Gasteiger partial charge in [0.05, 0.1) is 18.3 Å². The highest BCUT2D eigenvalue weighted by Gasteiger charge is 2.78. The van der Waals surface area contributed by atoms with Crippen LogP contribution in [-0.4, -0.2) is 60.8 Å². The fraction of sp³-hybridized carbons (Fsp3) is 0.857. The molecule has 9 atom stereocenters. The minimum atomic E-state index is -1.67. The van der Waals surface area contributed by atoms with Crippen molar-refractivity contribution >= 4 is 5.78 Å². The summed E-state index contributed by atoms with van der Waals surface area (Å²) in [6, 6.07) is 0. The van der Waals surface area contributed by atoms with Crippen molar-refractivity contribution in [3.05, 3.63) is 11.6 Å². The Morgan fingerprint density at radius 3 is 2.41 bits per heavy atom. The van der Waals surface area contributed by atoms with Crippen molar-refractivity contribution in [2.24, 2.45) is 22.7 Å². The predicted octanol–water partition coefficient (Wildman–Crippen LogP) is 0.687. The molecule has 3 unspecified atom stereocenters. The number of hydrogen-bond donors (Lipinski definition) is 5. The molecule has 4 aliphatic carbocycles. The van der Waals surface area contributed by atoms with Crippen LogP contribution in [0.4, 0.5) is 0 Å². The van der Waals surface area contributed by atoms with Crippen molar-refractivity contribution in [2.75, 3.05) is 0 Å². The van der Waals surface area contributed by atoms with Crippen LogP contribution in [0.3, 0.4) is 0 Å². The zero-order valence-electron chi connectivity index (χ0n) is 16.4. The van der Waals surface area contributed by atoms with Gasteiger partial charge >= 0.3 is 0 Å². The van der Waals surface area contributed by atoms with Crippen molar-refractivity contribution in [1.82, 2.24) is 0 Å². The van der Waals surface area contributed by atoms with Crippen LogP contribution in [0.25, 0.3) is 0 Å². The highest BCUT2D eigenvalue weighted by atomic mass is 16.4. The van der Waals surface area contributed by atoms with Gasteiger partial charge in [-0.3, -0.25) is 4.79 Å². The molecule has 0 aromatic carbocycles. The van der Waals surface area contributed by atoms with Gasteiger partial charge in [0.15, 0.2) is 0 Å². The maximum absolute atomic E-state index is 12.3. The predicted molar refractivity (Wildman–Crippen MR) is 97.6 cm³/mol. The molecule has 152 valence electrons. The molecule has 0 aliphatic heterocycles. The van der Waals surface area contributed by atoms with Crippen LogP contribution in [0.2, 0.25) is 0 Å². The molecule has 0 aromatic rings. The Morgan fingerprint density at radius 1 is 1.11 bits per heavy atom. The third-order valence-electron chi connectivity index (χ3n) is 8.94. The van der Waals surface area contributed by atoms with Gasteiger partial charge < -0.3 is 25.5 Å². The molecule has 6 heteroatoms. The quantitative estimate of drug-likeness (QED) is 0.427. The molecule has 0 spiro atoms. The molecule has 0 saturated heterocycles. The second kappa shape index (κ2) is 5.63. The number of rotatable bonds is 1. The second-order valence-corrected chi connectivity index (χ2v) is 9.93. The van der Waals surface area contributed by atoms with E-state index in [0.717, 1.165) is 5.57 Å². The van der Waals surface area contributed by atoms with Crippen LogP contribution < -0.4 is 0 Å². The van der Waals surface area contributed by atoms with E-state index in [4.69, 9.17) is 0 Å². The lowest BCUT2D eigenvalue weighted by molar-refractivity contribution is -0.327. The van der Waals surface area contributed by atoms with E-state index in [1.54, 1.807) is 6.92 Å². The minimum absolute atomic E-state index is 0.138. The summed E-state index contributed by atoms with van der Waals surface area (Å²) < 4.78 is 0. The third-order valence-corrected chi connectivity index (χ3v) is 8.94. The first kappa shape index (κ1) is 19.5. The topological polar surface area (TPSA) is 118 Å². The van der Waals surface area contributed by atoms with E-state index in [1.807, 2.05) is 13.0 Å². The summed E-state index contributed by atoms with van der Waals surface area (Å²) in [6.45, 7) is 5.04. The minimum Gasteiger partial charge on any atom is -0.393 e. The van der Waals surface area contributed by atoms with Gasteiger partial charge in [-0.05, 0) is 50.9 Å². The number of hydrogen-bond acceptors (Lipinski definition) is 6. The average Bonchev–Trinajstić information content (AvgIpc) is 2.88. The first-order valence-electron chi connectivity index (χ1n) is 10.1. The lowest BCUT2D eigenvalue weighted by Crippen LogP contribution is -2.79. The number of carbonyl (C=O) groups is 1. The molecule has 4 aliphatic rings. The van der Waals surface area contributed by atoms with E-state index in [-0.39, 0.29) is 18.6 Å². The van der Waals surface area contributed by atoms with Crippen molar-refractivity contribution in [2.45, 2.75) is 88.8 Å². The number of aliphatic hydroxyl groups is 5. The van der Waals surface area contributed by atoms with Crippen molar-refractivity contribution in [3.8, 4) is 0 Å². The maximum atomic E-state index is 12.3. The molecular formula is C21H32O6. The largest absolute Gasteiger partial charge is 0.393 e. The Kier molecular flexibility index (Phi) is 4.07. The van der Waals surface area contributed by atoms with Gasteiger partial charge in [0.1, 0.15) is 17.0 Å². The highest BCUT2D eigenvalue weighted by molar-refractivity contribution is 5.80. The van der Waals surface area contributed by atoms with Gasteiger partial charge in [0.25, 0.3) is 0 Å². The van der Waals surface area contributed by atoms with E-state index in [1.165, 1.54) is 6.92 Å². The van der Waals surface area contributed by atoms with E-state index < -0.39 is 52.2 Å². The summed E-state index contributed by atoms with van der Waals surface area (Å²) in [6.07, 6.45) is 1.24. The molecule has 0 aromatic heterocycles. The maximum Gasteiger partial charge on any atom is 0.133 e. The van der Waals surface area contributed by atoms with Gasteiger partial charge in [-0.25, -0.2) is 0 Å². The van der Waals surface area contributed by atoms with E-state index in [2.05, 4.69) is 0 Å². The van der Waals surface area contributed by atoms with Crippen molar-refractivity contribution in [1.29, 1.82) is 0 Å². The molecule has 0 radical (unpaired) electrons. The molecule has 27 heavy (non-hydrogen) atoms. The van der Waals surface area contributed by atoms with Gasteiger partial charge in [-0.15, -0.1) is 0 Å². The summed E-state index contributed by atoms with van der Waals surface area (Å²) in [4.78, 5) is 12.3. The van der Waals surface area contributed by atoms with Gasteiger partial charge in [-0.2, -0.15) is 0 Å². The second-order valence-electron chi connectivity index (χ2n) is 9.93. The Bertz CT molecular complexity index is 705.